The van der Waals surface area contributed by atoms with Gasteiger partial charge in [-0.15, -0.1) is 0 Å². The van der Waals surface area contributed by atoms with Crippen LogP contribution in [0.3, 0.4) is 0 Å². The average Bonchev–Trinajstić information content (AvgIpc) is 3.29. The van der Waals surface area contributed by atoms with Gasteiger partial charge in [0.1, 0.15) is 23.0 Å². The Morgan fingerprint density at radius 3 is 2.24 bits per heavy atom. The molecule has 7 heteroatoms. The molecule has 1 N–H and O–H groups in total. The molecule has 0 spiro atoms. The lowest BCUT2D eigenvalue weighted by Gasteiger charge is -2.35. The van der Waals surface area contributed by atoms with Gasteiger partial charge in [0.25, 0.3) is 0 Å². The lowest BCUT2D eigenvalue weighted by molar-refractivity contribution is -0.207. The summed E-state index contributed by atoms with van der Waals surface area (Å²) in [6, 6.07) is 4.28. The van der Waals surface area contributed by atoms with E-state index in [-0.39, 0.29) is 42.1 Å². The van der Waals surface area contributed by atoms with Crippen molar-refractivity contribution in [3.8, 4) is 17.9 Å². The third kappa shape index (κ3) is 5.26. The van der Waals surface area contributed by atoms with E-state index in [0.29, 0.717) is 0 Å². The van der Waals surface area contributed by atoms with Crippen molar-refractivity contribution in [2.75, 3.05) is 0 Å². The number of halogens is 2. The average molecular weight is 472 g/mol. The molecule has 0 saturated heterocycles. The summed E-state index contributed by atoms with van der Waals surface area (Å²) < 4.78 is 40.8. The first-order valence-corrected chi connectivity index (χ1v) is 11.8. The third-order valence-corrected chi connectivity index (χ3v) is 6.84. The Kier molecular flexibility index (Phi) is 7.38. The molecule has 1 fully saturated rings. The topological polar surface area (TPSA) is 79.5 Å². The van der Waals surface area contributed by atoms with Gasteiger partial charge < -0.3 is 14.6 Å². The highest BCUT2D eigenvalue weighted by atomic mass is 19.1. The molecule has 182 valence electrons. The molecule has 1 aliphatic heterocycles. The van der Waals surface area contributed by atoms with Gasteiger partial charge in [-0.3, -0.25) is 0 Å². The van der Waals surface area contributed by atoms with Crippen molar-refractivity contribution in [1.82, 2.24) is 0 Å². The summed E-state index contributed by atoms with van der Waals surface area (Å²) in [5.74, 6) is 2.25. The van der Waals surface area contributed by atoms with Crippen molar-refractivity contribution in [2.24, 2.45) is 5.92 Å². The molecule has 0 bridgehead atoms. The number of aliphatic hydroxyl groups is 1. The first kappa shape index (κ1) is 25.7. The Bertz CT molecular complexity index is 1060. The maximum absolute atomic E-state index is 15.0. The number of hydrogen-bond acceptors (Lipinski definition) is 5. The Labute approximate surface area is 199 Å². The maximum Gasteiger partial charge on any atom is 0.337 e. The van der Waals surface area contributed by atoms with Gasteiger partial charge in [0.15, 0.2) is 0 Å². The molecule has 34 heavy (non-hydrogen) atoms. The van der Waals surface area contributed by atoms with E-state index in [1.54, 1.807) is 27.7 Å². The van der Waals surface area contributed by atoms with Crippen molar-refractivity contribution in [3.05, 3.63) is 46.7 Å². The zero-order valence-electron chi connectivity index (χ0n) is 20.1. The Morgan fingerprint density at radius 2 is 1.74 bits per heavy atom. The van der Waals surface area contributed by atoms with Crippen LogP contribution >= 0.6 is 0 Å². The van der Waals surface area contributed by atoms with Gasteiger partial charge in [0.2, 0.25) is 5.79 Å². The zero-order chi connectivity index (χ0) is 25.1. The fourth-order valence-electron chi connectivity index (χ4n) is 4.92. The molecule has 1 atom stereocenters. The number of nitrogens with zero attached hydrogens (tertiary/aromatic N) is 1. The molecule has 2 aliphatic rings. The lowest BCUT2D eigenvalue weighted by Crippen LogP contribution is -2.40. The van der Waals surface area contributed by atoms with Crippen LogP contribution in [0.4, 0.5) is 8.78 Å². The second kappa shape index (κ2) is 9.76. The molecule has 1 aromatic rings. The van der Waals surface area contributed by atoms with Crippen LogP contribution in [0, 0.1) is 40.7 Å². The number of cyclic esters (lactones) is 1. The number of carbonyl (C=O) groups is 1. The number of ether oxygens (including phenoxy) is 2. The molecule has 1 aromatic carbocycles. The van der Waals surface area contributed by atoms with Gasteiger partial charge in [0.05, 0.1) is 17.6 Å². The van der Waals surface area contributed by atoms with Crippen LogP contribution in [-0.2, 0) is 19.7 Å². The minimum Gasteiger partial charge on any atom is -0.457 e. The minimum absolute atomic E-state index is 0.0462. The molecule has 5 nitrogen and oxygen atoms in total. The van der Waals surface area contributed by atoms with E-state index < -0.39 is 34.4 Å². The molecule has 0 amide bonds. The summed E-state index contributed by atoms with van der Waals surface area (Å²) in [6.07, 6.45) is 5.04. The summed E-state index contributed by atoms with van der Waals surface area (Å²) in [6.45, 7) is 6.64. The SMILES string of the molecule is CCC(C#N)(CC)c1c(F)cc(C#CC(O)(CC2=CC(=O)OC(C)(C)O2)C2CCCC2)cc1F. The largest absolute Gasteiger partial charge is 0.457 e. The minimum atomic E-state index is -1.55. The van der Waals surface area contributed by atoms with Crippen LogP contribution in [0.2, 0.25) is 0 Å². The van der Waals surface area contributed by atoms with E-state index in [1.807, 2.05) is 0 Å². The van der Waals surface area contributed by atoms with E-state index >= 15 is 0 Å². The predicted octanol–water partition coefficient (Wildman–Crippen LogP) is 5.40. The molecular weight excluding hydrogens is 440 g/mol. The van der Waals surface area contributed by atoms with Crippen LogP contribution in [0.1, 0.15) is 83.8 Å². The molecule has 0 radical (unpaired) electrons. The van der Waals surface area contributed by atoms with Crippen LogP contribution in [-0.4, -0.2) is 22.5 Å². The molecule has 1 unspecified atom stereocenters. The number of rotatable bonds is 6. The normalized spacial score (nSPS) is 19.7. The summed E-state index contributed by atoms with van der Waals surface area (Å²) in [7, 11) is 0. The Balaban J connectivity index is 1.98. The van der Waals surface area contributed by atoms with Crippen molar-refractivity contribution in [2.45, 2.75) is 89.4 Å². The Morgan fingerprint density at radius 1 is 1.15 bits per heavy atom. The van der Waals surface area contributed by atoms with Crippen molar-refractivity contribution < 1.29 is 28.2 Å². The zero-order valence-corrected chi connectivity index (χ0v) is 20.1. The third-order valence-electron chi connectivity index (χ3n) is 6.84. The predicted molar refractivity (Wildman–Crippen MR) is 122 cm³/mol. The quantitative estimate of drug-likeness (QED) is 0.444. The van der Waals surface area contributed by atoms with E-state index in [4.69, 9.17) is 9.47 Å². The van der Waals surface area contributed by atoms with Gasteiger partial charge in [0, 0.05) is 31.4 Å². The fourth-order valence-corrected chi connectivity index (χ4v) is 4.92. The number of benzene rings is 1. The summed E-state index contributed by atoms with van der Waals surface area (Å²) in [4.78, 5) is 11.9. The standard InChI is InChI=1S/C27H31F2NO4/c1-5-26(6-2,17-30)24-21(28)13-18(14-22(24)29)11-12-27(32,19-9-7-8-10-19)16-20-15-23(31)34-25(3,4)33-20/h13-15,19,32H,5-10,16H2,1-4H3. The van der Waals surface area contributed by atoms with E-state index in [0.717, 1.165) is 37.8 Å². The van der Waals surface area contributed by atoms with Crippen molar-refractivity contribution >= 4 is 5.97 Å². The van der Waals surface area contributed by atoms with Gasteiger partial charge in [-0.1, -0.05) is 38.5 Å². The fraction of sp³-hybridized carbons (Fsp3) is 0.556. The smallest absolute Gasteiger partial charge is 0.337 e. The van der Waals surface area contributed by atoms with Crippen LogP contribution in [0.15, 0.2) is 24.0 Å². The van der Waals surface area contributed by atoms with Crippen LogP contribution in [0.25, 0.3) is 0 Å². The lowest BCUT2D eigenvalue weighted by atomic mass is 9.76. The highest BCUT2D eigenvalue weighted by Crippen LogP contribution is 2.39. The number of nitriles is 1. The van der Waals surface area contributed by atoms with Gasteiger partial charge >= 0.3 is 5.97 Å². The van der Waals surface area contributed by atoms with E-state index in [1.165, 1.54) is 6.08 Å². The second-order valence-electron chi connectivity index (χ2n) is 9.58. The van der Waals surface area contributed by atoms with Gasteiger partial charge in [-0.25, -0.2) is 13.6 Å². The molecule has 1 saturated carbocycles. The van der Waals surface area contributed by atoms with E-state index in [2.05, 4.69) is 17.9 Å². The molecule has 1 heterocycles. The van der Waals surface area contributed by atoms with Crippen molar-refractivity contribution in [1.29, 1.82) is 5.26 Å². The van der Waals surface area contributed by atoms with Crippen LogP contribution < -0.4 is 0 Å². The second-order valence-corrected chi connectivity index (χ2v) is 9.58. The first-order valence-electron chi connectivity index (χ1n) is 11.8. The van der Waals surface area contributed by atoms with Gasteiger partial charge in [-0.2, -0.15) is 5.26 Å². The summed E-state index contributed by atoms with van der Waals surface area (Å²) in [5, 5.41) is 21.1. The highest BCUT2D eigenvalue weighted by Gasteiger charge is 2.41. The van der Waals surface area contributed by atoms with Crippen LogP contribution in [0.5, 0.6) is 0 Å². The van der Waals surface area contributed by atoms with E-state index in [9.17, 15) is 23.9 Å². The Hall–Kier alpha value is -2.90. The van der Waals surface area contributed by atoms with Crippen molar-refractivity contribution in [3.63, 3.8) is 0 Å². The first-order chi connectivity index (χ1) is 16.0. The number of carbonyl (C=O) groups excluding carboxylic acids is 1. The monoisotopic (exact) mass is 471 g/mol. The molecule has 3 rings (SSSR count). The number of hydrogen-bond donors (Lipinski definition) is 1. The molecule has 0 aromatic heterocycles. The summed E-state index contributed by atoms with van der Waals surface area (Å²) in [5.41, 5.74) is -2.99. The highest BCUT2D eigenvalue weighted by molar-refractivity contribution is 5.83. The maximum atomic E-state index is 15.0. The molecule has 1 aliphatic carbocycles. The summed E-state index contributed by atoms with van der Waals surface area (Å²) >= 11 is 0. The number of esters is 1. The van der Waals surface area contributed by atoms with Gasteiger partial charge in [-0.05, 0) is 43.7 Å². The molecular formula is C27H31F2NO4.